The first-order valence-electron chi connectivity index (χ1n) is 4.00. The molecule has 0 spiro atoms. The Morgan fingerprint density at radius 1 is 1.42 bits per heavy atom. The zero-order valence-electron chi connectivity index (χ0n) is 6.40. The van der Waals surface area contributed by atoms with Gasteiger partial charge in [0.1, 0.15) is 12.0 Å². The van der Waals surface area contributed by atoms with E-state index < -0.39 is 17.8 Å². The van der Waals surface area contributed by atoms with Crippen molar-refractivity contribution >= 4 is 12.3 Å². The minimum Gasteiger partial charge on any atom is -0.481 e. The van der Waals surface area contributed by atoms with E-state index in [0.717, 1.165) is 12.8 Å². The Labute approximate surface area is 69.5 Å². The molecule has 4 atom stereocenters. The third-order valence-electron chi connectivity index (χ3n) is 2.69. The molecule has 0 aliphatic carbocycles. The summed E-state index contributed by atoms with van der Waals surface area (Å²) in [6.07, 6.45) is 2.90. The largest absolute Gasteiger partial charge is 0.513 e. The monoisotopic (exact) mass is 169 g/mol. The first-order valence-corrected chi connectivity index (χ1v) is 4.00. The van der Waals surface area contributed by atoms with Crippen molar-refractivity contribution in [2.75, 3.05) is 0 Å². The average Bonchev–Trinajstić information content (AvgIpc) is 2.60. The number of fused-ring (bicyclic) bond motifs is 2. The standard InChI is InChI=1S/C8H8O4/c9-3-4-5-1-2-6(12-5)7(4)8(10)11/h4-7H,1-2H2/p+1/t4?,5-,6+,7?/m0/s1. The summed E-state index contributed by atoms with van der Waals surface area (Å²) in [7, 11) is 0. The maximum Gasteiger partial charge on any atom is 0.513 e. The Hall–Kier alpha value is -0.990. The summed E-state index contributed by atoms with van der Waals surface area (Å²) < 4.78 is 5.31. The summed E-state index contributed by atoms with van der Waals surface area (Å²) in [6, 6.07) is 0. The predicted molar refractivity (Wildman–Crippen MR) is 38.2 cm³/mol. The van der Waals surface area contributed by atoms with Crippen molar-refractivity contribution in [3.05, 3.63) is 0 Å². The van der Waals surface area contributed by atoms with Gasteiger partial charge in [0.25, 0.3) is 5.92 Å². The quantitative estimate of drug-likeness (QED) is 0.590. The molecule has 2 aliphatic heterocycles. The van der Waals surface area contributed by atoms with Crippen LogP contribution in [-0.2, 0) is 14.3 Å². The number of aliphatic carboxylic acids is 1. The minimum atomic E-state index is -0.935. The molecule has 0 radical (unpaired) electrons. The molecule has 0 aromatic carbocycles. The summed E-state index contributed by atoms with van der Waals surface area (Å²) in [5, 5.41) is 8.78. The summed E-state index contributed by atoms with van der Waals surface area (Å²) >= 11 is 0. The fourth-order valence-corrected chi connectivity index (χ4v) is 2.14. The van der Waals surface area contributed by atoms with Gasteiger partial charge < -0.3 is 9.84 Å². The SMILES string of the molecule is O=[C+]C1C(C(=O)O)[C@H]2CC[C@@H]1O2. The van der Waals surface area contributed by atoms with Crippen molar-refractivity contribution in [3.63, 3.8) is 0 Å². The maximum atomic E-state index is 10.7. The van der Waals surface area contributed by atoms with E-state index in [4.69, 9.17) is 9.84 Å². The summed E-state index contributed by atoms with van der Waals surface area (Å²) in [6.45, 7) is 0. The Balaban J connectivity index is 2.21. The minimum absolute atomic E-state index is 0.186. The van der Waals surface area contributed by atoms with E-state index in [1.165, 1.54) is 0 Å². The van der Waals surface area contributed by atoms with Crippen LogP contribution in [0, 0.1) is 11.8 Å². The highest BCUT2D eigenvalue weighted by Gasteiger charge is 2.60. The van der Waals surface area contributed by atoms with Crippen molar-refractivity contribution in [2.24, 2.45) is 11.8 Å². The lowest BCUT2D eigenvalue weighted by atomic mass is 9.80. The van der Waals surface area contributed by atoms with Gasteiger partial charge in [-0.25, -0.2) is 0 Å². The molecule has 4 nitrogen and oxygen atoms in total. The van der Waals surface area contributed by atoms with Gasteiger partial charge in [0, 0.05) is 4.79 Å². The lowest BCUT2D eigenvalue weighted by Gasteiger charge is -2.12. The van der Waals surface area contributed by atoms with E-state index in [-0.39, 0.29) is 12.2 Å². The Morgan fingerprint density at radius 3 is 2.58 bits per heavy atom. The van der Waals surface area contributed by atoms with Crippen molar-refractivity contribution in [1.29, 1.82) is 0 Å². The lowest BCUT2D eigenvalue weighted by Crippen LogP contribution is -2.34. The number of carboxylic acids is 1. The molecule has 64 valence electrons. The molecule has 2 aliphatic rings. The second kappa shape index (κ2) is 2.51. The second-order valence-corrected chi connectivity index (χ2v) is 3.30. The van der Waals surface area contributed by atoms with Gasteiger partial charge >= 0.3 is 12.3 Å². The van der Waals surface area contributed by atoms with Gasteiger partial charge in [0.15, 0.2) is 0 Å². The van der Waals surface area contributed by atoms with Crippen molar-refractivity contribution < 1.29 is 19.4 Å². The third kappa shape index (κ3) is 0.854. The van der Waals surface area contributed by atoms with Crippen LogP contribution in [-0.4, -0.2) is 29.6 Å². The first-order chi connectivity index (χ1) is 5.74. The zero-order chi connectivity index (χ0) is 8.72. The zero-order valence-corrected chi connectivity index (χ0v) is 6.40. The molecule has 4 heteroatoms. The highest BCUT2D eigenvalue weighted by atomic mass is 16.5. The predicted octanol–water partition coefficient (Wildman–Crippen LogP) is -0.0257. The molecule has 0 aromatic heterocycles. The fourth-order valence-electron chi connectivity index (χ4n) is 2.14. The van der Waals surface area contributed by atoms with Crippen LogP contribution in [0.4, 0.5) is 0 Å². The summed E-state index contributed by atoms with van der Waals surface area (Å²) in [4.78, 5) is 21.1. The number of hydrogen-bond donors (Lipinski definition) is 1. The van der Waals surface area contributed by atoms with Crippen LogP contribution in [0.25, 0.3) is 0 Å². The van der Waals surface area contributed by atoms with Gasteiger partial charge in [-0.3, -0.25) is 4.79 Å². The number of carbonyl (C=O) groups excluding carboxylic acids is 1. The van der Waals surface area contributed by atoms with E-state index in [2.05, 4.69) is 0 Å². The summed E-state index contributed by atoms with van der Waals surface area (Å²) in [5.74, 6) is -2.13. The molecule has 0 aromatic rings. The molecular formula is C8H9O4+. The van der Waals surface area contributed by atoms with E-state index in [1.807, 2.05) is 0 Å². The Bertz CT molecular complexity index is 225. The Kier molecular flexibility index (Phi) is 1.60. The number of carboxylic acid groups (broad SMARTS) is 1. The Morgan fingerprint density at radius 2 is 2.08 bits per heavy atom. The van der Waals surface area contributed by atoms with E-state index in [0.29, 0.717) is 0 Å². The number of hydrogen-bond acceptors (Lipinski definition) is 3. The average molecular weight is 169 g/mol. The molecule has 0 saturated carbocycles. The van der Waals surface area contributed by atoms with Crippen molar-refractivity contribution in [2.45, 2.75) is 25.0 Å². The topological polar surface area (TPSA) is 63.6 Å². The third-order valence-corrected chi connectivity index (χ3v) is 2.69. The van der Waals surface area contributed by atoms with E-state index in [1.54, 1.807) is 6.29 Å². The molecule has 2 fully saturated rings. The first kappa shape index (κ1) is 7.65. The van der Waals surface area contributed by atoms with Gasteiger partial charge in [-0.05, 0) is 12.8 Å². The van der Waals surface area contributed by atoms with Crippen molar-refractivity contribution in [3.8, 4) is 0 Å². The highest BCUT2D eigenvalue weighted by molar-refractivity contribution is 5.77. The van der Waals surface area contributed by atoms with Gasteiger partial charge in [-0.15, -0.1) is 0 Å². The molecule has 2 unspecified atom stereocenters. The molecule has 2 bridgehead atoms. The second-order valence-electron chi connectivity index (χ2n) is 3.30. The van der Waals surface area contributed by atoms with Gasteiger partial charge in [0.2, 0.25) is 0 Å². The van der Waals surface area contributed by atoms with Crippen LogP contribution in [0.15, 0.2) is 0 Å². The van der Waals surface area contributed by atoms with Crippen LogP contribution < -0.4 is 0 Å². The van der Waals surface area contributed by atoms with Crippen LogP contribution >= 0.6 is 0 Å². The highest BCUT2D eigenvalue weighted by Crippen LogP contribution is 2.42. The number of ether oxygens (including phenoxy) is 1. The van der Waals surface area contributed by atoms with Crippen LogP contribution in [0.5, 0.6) is 0 Å². The van der Waals surface area contributed by atoms with E-state index >= 15 is 0 Å². The van der Waals surface area contributed by atoms with Gasteiger partial charge in [0.05, 0.1) is 6.10 Å². The van der Waals surface area contributed by atoms with Gasteiger partial charge in [-0.1, -0.05) is 0 Å². The van der Waals surface area contributed by atoms with Gasteiger partial charge in [-0.2, -0.15) is 0 Å². The molecule has 2 saturated heterocycles. The van der Waals surface area contributed by atoms with E-state index in [9.17, 15) is 9.59 Å². The normalized spacial score (nSPS) is 44.3. The summed E-state index contributed by atoms with van der Waals surface area (Å²) in [5.41, 5.74) is 0. The van der Waals surface area contributed by atoms with Crippen LogP contribution in [0.1, 0.15) is 12.8 Å². The fraction of sp³-hybridized carbons (Fsp3) is 0.750. The molecule has 2 heterocycles. The van der Waals surface area contributed by atoms with Crippen molar-refractivity contribution in [1.82, 2.24) is 0 Å². The molecular weight excluding hydrogens is 160 g/mol. The molecule has 0 amide bonds. The molecule has 12 heavy (non-hydrogen) atoms. The molecule has 1 N–H and O–H groups in total. The van der Waals surface area contributed by atoms with Crippen LogP contribution in [0.2, 0.25) is 0 Å². The van der Waals surface area contributed by atoms with Crippen LogP contribution in [0.3, 0.4) is 0 Å². The smallest absolute Gasteiger partial charge is 0.481 e. The number of rotatable bonds is 2. The number of carbonyl (C=O) groups is 1. The lowest BCUT2D eigenvalue weighted by molar-refractivity contribution is -0.144. The maximum absolute atomic E-state index is 10.7. The molecule has 2 rings (SSSR count).